The molecule has 1 heterocycles. The lowest BCUT2D eigenvalue weighted by Gasteiger charge is -2.08. The number of carboxylic acids is 1. The molecule has 0 saturated heterocycles. The number of hydrogen-bond donors (Lipinski definition) is 4. The van der Waals surface area contributed by atoms with Crippen molar-refractivity contribution in [2.24, 2.45) is 0 Å². The topological polar surface area (TPSA) is 120 Å². The van der Waals surface area contributed by atoms with E-state index in [9.17, 15) is 19.8 Å². The number of phenols is 2. The Balaban J connectivity index is 2.30. The molecule has 0 aliphatic carbocycles. The van der Waals surface area contributed by atoms with Crippen molar-refractivity contribution in [3.63, 3.8) is 0 Å². The number of aromatic carboxylic acids is 1. The van der Waals surface area contributed by atoms with E-state index in [1.165, 1.54) is 18.5 Å². The van der Waals surface area contributed by atoms with Crippen molar-refractivity contribution in [2.45, 2.75) is 0 Å². The number of amides is 1. The maximum absolute atomic E-state index is 11.9. The van der Waals surface area contributed by atoms with E-state index >= 15 is 0 Å². The summed E-state index contributed by atoms with van der Waals surface area (Å²) in [6.45, 7) is 0. The van der Waals surface area contributed by atoms with E-state index in [4.69, 9.17) is 5.11 Å². The van der Waals surface area contributed by atoms with Gasteiger partial charge in [-0.3, -0.25) is 9.78 Å². The molecule has 7 nitrogen and oxygen atoms in total. The van der Waals surface area contributed by atoms with Gasteiger partial charge in [0.2, 0.25) is 0 Å². The molecule has 0 aliphatic rings. The van der Waals surface area contributed by atoms with E-state index in [1.54, 1.807) is 0 Å². The third-order valence-electron chi connectivity index (χ3n) is 2.46. The number of hydrogen-bond acceptors (Lipinski definition) is 5. The maximum atomic E-state index is 11.9. The number of nitrogens with zero attached hydrogens (tertiary/aromatic N) is 1. The number of phenolic OH excluding ortho intramolecular Hbond substituents is 2. The third kappa shape index (κ3) is 2.83. The first-order valence-electron chi connectivity index (χ1n) is 5.49. The van der Waals surface area contributed by atoms with Crippen molar-refractivity contribution >= 4 is 17.6 Å². The van der Waals surface area contributed by atoms with Crippen molar-refractivity contribution in [2.75, 3.05) is 5.32 Å². The zero-order valence-electron chi connectivity index (χ0n) is 10.1. The summed E-state index contributed by atoms with van der Waals surface area (Å²) < 4.78 is 0. The Labute approximate surface area is 113 Å². The second kappa shape index (κ2) is 5.27. The van der Waals surface area contributed by atoms with E-state index in [1.807, 2.05) is 0 Å². The molecule has 0 saturated carbocycles. The summed E-state index contributed by atoms with van der Waals surface area (Å²) in [6, 6.07) is 4.61. The quantitative estimate of drug-likeness (QED) is 0.672. The van der Waals surface area contributed by atoms with Gasteiger partial charge in [0.25, 0.3) is 5.91 Å². The maximum Gasteiger partial charge on any atom is 0.337 e. The van der Waals surface area contributed by atoms with Gasteiger partial charge < -0.3 is 20.6 Å². The van der Waals surface area contributed by atoms with Crippen LogP contribution in [0.4, 0.5) is 5.69 Å². The number of benzene rings is 1. The smallest absolute Gasteiger partial charge is 0.337 e. The Morgan fingerprint density at radius 2 is 1.75 bits per heavy atom. The molecule has 0 fully saturated rings. The molecule has 1 aromatic carbocycles. The van der Waals surface area contributed by atoms with Crippen LogP contribution in [-0.2, 0) is 0 Å². The highest BCUT2D eigenvalue weighted by Gasteiger charge is 2.14. The molecule has 0 aliphatic heterocycles. The molecule has 4 N–H and O–H groups in total. The summed E-state index contributed by atoms with van der Waals surface area (Å²) in [6.07, 6.45) is 2.49. The van der Waals surface area contributed by atoms with Crippen LogP contribution in [0.5, 0.6) is 11.5 Å². The van der Waals surface area contributed by atoms with E-state index in [-0.39, 0.29) is 28.3 Å². The number of anilines is 1. The summed E-state index contributed by atoms with van der Waals surface area (Å²) in [7, 11) is 0. The molecule has 0 atom stereocenters. The second-order valence-electron chi connectivity index (χ2n) is 3.92. The van der Waals surface area contributed by atoms with Gasteiger partial charge in [0.15, 0.2) is 0 Å². The minimum absolute atomic E-state index is 0.0114. The Hall–Kier alpha value is -3.09. The van der Waals surface area contributed by atoms with Crippen molar-refractivity contribution < 1.29 is 24.9 Å². The van der Waals surface area contributed by atoms with Crippen LogP contribution in [0.3, 0.4) is 0 Å². The summed E-state index contributed by atoms with van der Waals surface area (Å²) in [4.78, 5) is 26.7. The van der Waals surface area contributed by atoms with Gasteiger partial charge in [0.05, 0.1) is 17.4 Å². The predicted molar refractivity (Wildman–Crippen MR) is 68.9 cm³/mol. The van der Waals surface area contributed by atoms with Crippen LogP contribution in [-0.4, -0.2) is 32.2 Å². The molecule has 2 aromatic rings. The lowest BCUT2D eigenvalue weighted by Crippen LogP contribution is -2.15. The zero-order chi connectivity index (χ0) is 14.7. The fourth-order valence-electron chi connectivity index (χ4n) is 1.60. The largest absolute Gasteiger partial charge is 0.508 e. The number of carbonyl (C=O) groups is 2. The lowest BCUT2D eigenvalue weighted by molar-refractivity contribution is 0.0698. The SMILES string of the molecule is O=C(Nc1cnccc1C(=O)O)c1cc(O)cc(O)c1. The lowest BCUT2D eigenvalue weighted by atomic mass is 10.1. The normalized spacial score (nSPS) is 10.0. The average molecular weight is 274 g/mol. The number of nitrogens with one attached hydrogen (secondary N) is 1. The summed E-state index contributed by atoms with van der Waals surface area (Å²) in [5.74, 6) is -2.44. The monoisotopic (exact) mass is 274 g/mol. The van der Waals surface area contributed by atoms with Crippen LogP contribution in [0, 0.1) is 0 Å². The molecule has 0 spiro atoms. The average Bonchev–Trinajstić information content (AvgIpc) is 2.37. The van der Waals surface area contributed by atoms with Crippen LogP contribution < -0.4 is 5.32 Å². The molecule has 0 unspecified atom stereocenters. The number of rotatable bonds is 3. The highest BCUT2D eigenvalue weighted by Crippen LogP contribution is 2.22. The Morgan fingerprint density at radius 3 is 2.35 bits per heavy atom. The molecule has 7 heteroatoms. The van der Waals surface area contributed by atoms with Gasteiger partial charge >= 0.3 is 5.97 Å². The second-order valence-corrected chi connectivity index (χ2v) is 3.92. The highest BCUT2D eigenvalue weighted by atomic mass is 16.4. The number of aromatic hydroxyl groups is 2. The minimum Gasteiger partial charge on any atom is -0.508 e. The van der Waals surface area contributed by atoms with E-state index in [0.29, 0.717) is 0 Å². The zero-order valence-corrected chi connectivity index (χ0v) is 10.1. The molecule has 0 bridgehead atoms. The van der Waals surface area contributed by atoms with Gasteiger partial charge in [-0.15, -0.1) is 0 Å². The first-order valence-corrected chi connectivity index (χ1v) is 5.49. The van der Waals surface area contributed by atoms with Crippen LogP contribution in [0.15, 0.2) is 36.7 Å². The number of pyridine rings is 1. The predicted octanol–water partition coefficient (Wildman–Crippen LogP) is 1.44. The summed E-state index contributed by atoms with van der Waals surface area (Å²) in [5.41, 5.74) is -0.103. The van der Waals surface area contributed by atoms with Crippen LogP contribution >= 0.6 is 0 Å². The molecule has 0 radical (unpaired) electrons. The van der Waals surface area contributed by atoms with Gasteiger partial charge in [0, 0.05) is 17.8 Å². The molecule has 2 rings (SSSR count). The molecule has 102 valence electrons. The van der Waals surface area contributed by atoms with Gasteiger partial charge in [-0.25, -0.2) is 4.79 Å². The van der Waals surface area contributed by atoms with Crippen molar-refractivity contribution in [1.29, 1.82) is 0 Å². The van der Waals surface area contributed by atoms with Crippen molar-refractivity contribution in [1.82, 2.24) is 4.98 Å². The van der Waals surface area contributed by atoms with Crippen LogP contribution in [0.1, 0.15) is 20.7 Å². The molecular formula is C13H10N2O5. The highest BCUT2D eigenvalue weighted by molar-refractivity contribution is 6.07. The fraction of sp³-hybridized carbons (Fsp3) is 0. The number of carboxylic acid groups (broad SMARTS) is 1. The van der Waals surface area contributed by atoms with E-state index < -0.39 is 11.9 Å². The Bertz CT molecular complexity index is 664. The van der Waals surface area contributed by atoms with Crippen molar-refractivity contribution in [3.8, 4) is 11.5 Å². The first-order chi connectivity index (χ1) is 9.47. The van der Waals surface area contributed by atoms with Gasteiger partial charge in [-0.2, -0.15) is 0 Å². The standard InChI is InChI=1S/C13H10N2O5/c16-8-3-7(4-9(17)5-8)12(18)15-11-6-14-2-1-10(11)13(19)20/h1-6,16-17H,(H,15,18)(H,19,20). The van der Waals surface area contributed by atoms with Crippen molar-refractivity contribution in [3.05, 3.63) is 47.8 Å². The summed E-state index contributed by atoms with van der Waals surface area (Å²) >= 11 is 0. The van der Waals surface area contributed by atoms with Crippen LogP contribution in [0.2, 0.25) is 0 Å². The molecule has 1 aromatic heterocycles. The summed E-state index contributed by atoms with van der Waals surface area (Å²) in [5, 5.41) is 29.9. The number of aromatic nitrogens is 1. The Morgan fingerprint density at radius 1 is 1.10 bits per heavy atom. The van der Waals surface area contributed by atoms with Gasteiger partial charge in [-0.05, 0) is 18.2 Å². The van der Waals surface area contributed by atoms with Gasteiger partial charge in [-0.1, -0.05) is 0 Å². The Kier molecular flexibility index (Phi) is 3.52. The first kappa shape index (κ1) is 13.3. The third-order valence-corrected chi connectivity index (χ3v) is 2.46. The molecule has 1 amide bonds. The minimum atomic E-state index is -1.21. The number of carbonyl (C=O) groups excluding carboxylic acids is 1. The molecular weight excluding hydrogens is 264 g/mol. The fourth-order valence-corrected chi connectivity index (χ4v) is 1.60. The van der Waals surface area contributed by atoms with Gasteiger partial charge in [0.1, 0.15) is 11.5 Å². The van der Waals surface area contributed by atoms with E-state index in [2.05, 4.69) is 10.3 Å². The van der Waals surface area contributed by atoms with Crippen LogP contribution in [0.25, 0.3) is 0 Å². The molecule has 20 heavy (non-hydrogen) atoms. The van der Waals surface area contributed by atoms with E-state index in [0.717, 1.165) is 18.2 Å².